The number of hydrogen-bond donors (Lipinski definition) is 2. The minimum Gasteiger partial charge on any atom is -0.332 e. The number of sulfonamides is 1. The van der Waals surface area contributed by atoms with Gasteiger partial charge in [-0.15, -0.1) is 0 Å². The number of rotatable bonds is 4. The van der Waals surface area contributed by atoms with Gasteiger partial charge < -0.3 is 10.6 Å². The molecule has 1 aliphatic rings. The van der Waals surface area contributed by atoms with Gasteiger partial charge in [0.25, 0.3) is 0 Å². The van der Waals surface area contributed by atoms with Gasteiger partial charge in [-0.05, 0) is 49.3 Å². The van der Waals surface area contributed by atoms with Gasteiger partial charge in [0.1, 0.15) is 0 Å². The number of hydrogen-bond acceptors (Lipinski definition) is 4. The molecule has 8 heteroatoms. The number of benzene rings is 1. The number of carbonyl (C=O) groups is 1. The predicted molar refractivity (Wildman–Crippen MR) is 98.3 cm³/mol. The van der Waals surface area contributed by atoms with E-state index in [9.17, 15) is 13.2 Å². The van der Waals surface area contributed by atoms with E-state index in [0.29, 0.717) is 18.8 Å². The van der Waals surface area contributed by atoms with Crippen LogP contribution in [0.15, 0.2) is 29.2 Å². The molecular formula is C16H23N3O3S2. The van der Waals surface area contributed by atoms with Gasteiger partial charge in [-0.3, -0.25) is 4.79 Å². The molecule has 0 atom stereocenters. The molecule has 1 fully saturated rings. The summed E-state index contributed by atoms with van der Waals surface area (Å²) < 4.78 is 26.7. The van der Waals surface area contributed by atoms with E-state index >= 15 is 0 Å². The Morgan fingerprint density at radius 2 is 1.71 bits per heavy atom. The molecule has 2 rings (SSSR count). The molecule has 1 aromatic carbocycles. The van der Waals surface area contributed by atoms with E-state index in [4.69, 9.17) is 12.2 Å². The van der Waals surface area contributed by atoms with Gasteiger partial charge in [-0.2, -0.15) is 4.31 Å². The van der Waals surface area contributed by atoms with Gasteiger partial charge in [-0.25, -0.2) is 8.42 Å². The fraction of sp³-hybridized carbons (Fsp3) is 0.500. The smallest absolute Gasteiger partial charge is 0.243 e. The summed E-state index contributed by atoms with van der Waals surface area (Å²) >= 11 is 5.07. The Labute approximate surface area is 148 Å². The molecule has 0 aliphatic carbocycles. The first kappa shape index (κ1) is 18.8. The molecule has 0 radical (unpaired) electrons. The van der Waals surface area contributed by atoms with E-state index in [1.807, 2.05) is 0 Å². The Hall–Kier alpha value is -1.51. The predicted octanol–water partition coefficient (Wildman–Crippen LogP) is 2.33. The first-order chi connectivity index (χ1) is 11.3. The van der Waals surface area contributed by atoms with Gasteiger partial charge in [0, 0.05) is 24.7 Å². The van der Waals surface area contributed by atoms with Gasteiger partial charge in [0.05, 0.1) is 4.90 Å². The average Bonchev–Trinajstić information content (AvgIpc) is 2.56. The molecule has 132 valence electrons. The van der Waals surface area contributed by atoms with Gasteiger partial charge >= 0.3 is 0 Å². The minimum atomic E-state index is -3.43. The Morgan fingerprint density at radius 1 is 1.12 bits per heavy atom. The Balaban J connectivity index is 2.02. The molecule has 1 aliphatic heterocycles. The van der Waals surface area contributed by atoms with Gasteiger partial charge in [-0.1, -0.05) is 20.3 Å². The first-order valence-electron chi connectivity index (χ1n) is 8.03. The van der Waals surface area contributed by atoms with Crippen LogP contribution >= 0.6 is 12.2 Å². The highest BCUT2D eigenvalue weighted by Gasteiger charge is 2.25. The summed E-state index contributed by atoms with van der Waals surface area (Å²) in [5, 5.41) is 5.65. The minimum absolute atomic E-state index is 0.165. The van der Waals surface area contributed by atoms with Crippen molar-refractivity contribution in [3.63, 3.8) is 0 Å². The van der Waals surface area contributed by atoms with E-state index in [-0.39, 0.29) is 21.8 Å². The van der Waals surface area contributed by atoms with Crippen LogP contribution in [0.3, 0.4) is 0 Å². The standard InChI is InChI=1S/C16H23N3O3S2/c1-12(2)15(20)18-16(23)17-13-6-8-14(9-7-13)24(21,22)19-10-4-3-5-11-19/h6-9,12H,3-5,10-11H2,1-2H3,(H2,17,18,20,23). The van der Waals surface area contributed by atoms with Crippen LogP contribution in [-0.4, -0.2) is 36.8 Å². The maximum Gasteiger partial charge on any atom is 0.243 e. The summed E-state index contributed by atoms with van der Waals surface area (Å²) in [6.45, 7) is 4.71. The molecule has 1 aromatic rings. The lowest BCUT2D eigenvalue weighted by Gasteiger charge is -2.25. The number of thiocarbonyl (C=S) groups is 1. The average molecular weight is 370 g/mol. The van der Waals surface area contributed by atoms with Crippen LogP contribution in [0.1, 0.15) is 33.1 Å². The van der Waals surface area contributed by atoms with E-state index in [0.717, 1.165) is 19.3 Å². The fourth-order valence-electron chi connectivity index (χ4n) is 2.38. The number of piperidine rings is 1. The van der Waals surface area contributed by atoms with E-state index in [2.05, 4.69) is 10.6 Å². The van der Waals surface area contributed by atoms with E-state index in [1.54, 1.807) is 38.1 Å². The summed E-state index contributed by atoms with van der Waals surface area (Å²) in [6, 6.07) is 6.40. The number of carbonyl (C=O) groups excluding carboxylic acids is 1. The molecule has 0 bridgehead atoms. The van der Waals surface area contributed by atoms with Crippen molar-refractivity contribution < 1.29 is 13.2 Å². The Kier molecular flexibility index (Phi) is 6.31. The number of anilines is 1. The molecule has 0 saturated carbocycles. The second-order valence-corrected chi connectivity index (χ2v) is 8.43. The van der Waals surface area contributed by atoms with Crippen molar-refractivity contribution in [3.05, 3.63) is 24.3 Å². The quantitative estimate of drug-likeness (QED) is 0.797. The maximum absolute atomic E-state index is 12.6. The molecule has 0 aromatic heterocycles. The molecule has 0 spiro atoms. The van der Waals surface area contributed by atoms with Crippen LogP contribution in [0.25, 0.3) is 0 Å². The Morgan fingerprint density at radius 3 is 2.25 bits per heavy atom. The zero-order chi connectivity index (χ0) is 17.7. The summed E-state index contributed by atoms with van der Waals surface area (Å²) in [5.74, 6) is -0.335. The van der Waals surface area contributed by atoms with Crippen LogP contribution in [0, 0.1) is 5.92 Å². The third-order valence-electron chi connectivity index (χ3n) is 3.83. The zero-order valence-electron chi connectivity index (χ0n) is 13.9. The van der Waals surface area contributed by atoms with Crippen LogP contribution in [0.4, 0.5) is 5.69 Å². The highest BCUT2D eigenvalue weighted by Crippen LogP contribution is 2.21. The van der Waals surface area contributed by atoms with E-state index < -0.39 is 10.0 Å². The molecule has 1 amide bonds. The van der Waals surface area contributed by atoms with Crippen LogP contribution < -0.4 is 10.6 Å². The molecule has 24 heavy (non-hydrogen) atoms. The van der Waals surface area contributed by atoms with Crippen molar-refractivity contribution in [2.45, 2.75) is 38.0 Å². The largest absolute Gasteiger partial charge is 0.332 e. The second kappa shape index (κ2) is 8.04. The summed E-state index contributed by atoms with van der Waals surface area (Å²) in [4.78, 5) is 11.9. The highest BCUT2D eigenvalue weighted by atomic mass is 32.2. The third kappa shape index (κ3) is 4.75. The fourth-order valence-corrected chi connectivity index (χ4v) is 4.12. The second-order valence-electron chi connectivity index (χ2n) is 6.09. The molecule has 6 nitrogen and oxygen atoms in total. The number of nitrogens with zero attached hydrogens (tertiary/aromatic N) is 1. The lowest BCUT2D eigenvalue weighted by Crippen LogP contribution is -2.36. The van der Waals surface area contributed by atoms with Crippen LogP contribution in [-0.2, 0) is 14.8 Å². The highest BCUT2D eigenvalue weighted by molar-refractivity contribution is 7.89. The lowest BCUT2D eigenvalue weighted by molar-refractivity contribution is -0.122. The summed E-state index contributed by atoms with van der Waals surface area (Å²) in [7, 11) is -3.43. The zero-order valence-corrected chi connectivity index (χ0v) is 15.5. The van der Waals surface area contributed by atoms with Crippen LogP contribution in [0.2, 0.25) is 0 Å². The van der Waals surface area contributed by atoms with E-state index in [1.165, 1.54) is 4.31 Å². The molecular weight excluding hydrogens is 346 g/mol. The van der Waals surface area contributed by atoms with Crippen LogP contribution in [0.5, 0.6) is 0 Å². The van der Waals surface area contributed by atoms with Gasteiger partial charge in [0.15, 0.2) is 5.11 Å². The topological polar surface area (TPSA) is 78.5 Å². The Bertz CT molecular complexity index is 694. The number of nitrogens with one attached hydrogen (secondary N) is 2. The number of amides is 1. The van der Waals surface area contributed by atoms with Crippen molar-refractivity contribution in [1.29, 1.82) is 0 Å². The molecule has 1 saturated heterocycles. The normalized spacial score (nSPS) is 16.0. The van der Waals surface area contributed by atoms with Crippen molar-refractivity contribution >= 4 is 38.9 Å². The SMILES string of the molecule is CC(C)C(=O)NC(=S)Nc1ccc(S(=O)(=O)N2CCCCC2)cc1. The third-order valence-corrected chi connectivity index (χ3v) is 5.94. The summed E-state index contributed by atoms with van der Waals surface area (Å²) in [6.07, 6.45) is 2.89. The lowest BCUT2D eigenvalue weighted by atomic mass is 10.2. The summed E-state index contributed by atoms with van der Waals surface area (Å²) in [5.41, 5.74) is 0.627. The van der Waals surface area contributed by atoms with Crippen molar-refractivity contribution in [1.82, 2.24) is 9.62 Å². The van der Waals surface area contributed by atoms with Gasteiger partial charge in [0.2, 0.25) is 15.9 Å². The van der Waals surface area contributed by atoms with Crippen molar-refractivity contribution in [2.75, 3.05) is 18.4 Å². The maximum atomic E-state index is 12.6. The molecule has 0 unspecified atom stereocenters. The molecule has 1 heterocycles. The van der Waals surface area contributed by atoms with Crippen molar-refractivity contribution in [3.8, 4) is 0 Å². The molecule has 2 N–H and O–H groups in total. The van der Waals surface area contributed by atoms with Crippen molar-refractivity contribution in [2.24, 2.45) is 5.92 Å². The monoisotopic (exact) mass is 369 g/mol. The first-order valence-corrected chi connectivity index (χ1v) is 9.87.